The fourth-order valence-electron chi connectivity index (χ4n) is 2.03. The Balaban J connectivity index is 1.94. The molecule has 106 valence electrons. The Morgan fingerprint density at radius 3 is 2.38 bits per heavy atom. The highest BCUT2D eigenvalue weighted by Gasteiger charge is 2.11. The zero-order valence-corrected chi connectivity index (χ0v) is 11.6. The van der Waals surface area contributed by atoms with Crippen LogP contribution in [0.1, 0.15) is 30.4 Å². The van der Waals surface area contributed by atoms with Crippen LogP contribution in [0.2, 0.25) is 0 Å². The Hall–Kier alpha value is -2.67. The monoisotopic (exact) mass is 282 g/mol. The summed E-state index contributed by atoms with van der Waals surface area (Å²) in [6, 6.07) is 14.9. The number of hydrogen-bond acceptors (Lipinski definition) is 2. The van der Waals surface area contributed by atoms with Crippen LogP contribution in [0.15, 0.2) is 48.5 Å². The maximum absolute atomic E-state index is 12.9. The van der Waals surface area contributed by atoms with Crippen molar-refractivity contribution < 1.29 is 9.18 Å². The quantitative estimate of drug-likeness (QED) is 0.926. The number of anilines is 1. The fraction of sp³-hybridized carbons (Fsp3) is 0.176. The van der Waals surface area contributed by atoms with Crippen LogP contribution in [-0.2, 0) is 4.79 Å². The molecule has 0 aliphatic heterocycles. The van der Waals surface area contributed by atoms with Crippen LogP contribution in [0, 0.1) is 17.1 Å². The van der Waals surface area contributed by atoms with Crippen molar-refractivity contribution in [1.29, 1.82) is 5.26 Å². The topological polar surface area (TPSA) is 52.9 Å². The highest BCUT2D eigenvalue weighted by atomic mass is 19.1. The molecule has 2 aromatic rings. The van der Waals surface area contributed by atoms with Gasteiger partial charge in [0.05, 0.1) is 11.6 Å². The van der Waals surface area contributed by atoms with E-state index in [0.717, 1.165) is 5.56 Å². The molecule has 2 rings (SSSR count). The van der Waals surface area contributed by atoms with E-state index in [1.165, 1.54) is 12.1 Å². The van der Waals surface area contributed by atoms with Gasteiger partial charge in [0.25, 0.3) is 0 Å². The van der Waals surface area contributed by atoms with Gasteiger partial charge in [0.2, 0.25) is 5.91 Å². The largest absolute Gasteiger partial charge is 0.326 e. The van der Waals surface area contributed by atoms with Gasteiger partial charge in [-0.1, -0.05) is 19.1 Å². The van der Waals surface area contributed by atoms with E-state index in [1.54, 1.807) is 36.4 Å². The van der Waals surface area contributed by atoms with Crippen LogP contribution in [0.3, 0.4) is 0 Å². The predicted molar refractivity (Wildman–Crippen MR) is 79.2 cm³/mol. The Labute approximate surface area is 123 Å². The lowest BCUT2D eigenvalue weighted by atomic mass is 9.97. The summed E-state index contributed by atoms with van der Waals surface area (Å²) in [4.78, 5) is 12.0. The second-order valence-corrected chi connectivity index (χ2v) is 4.89. The minimum absolute atomic E-state index is 0.00369. The fourth-order valence-corrected chi connectivity index (χ4v) is 2.03. The molecule has 0 bridgehead atoms. The number of rotatable bonds is 4. The normalized spacial score (nSPS) is 11.5. The van der Waals surface area contributed by atoms with Crippen molar-refractivity contribution in [3.8, 4) is 6.07 Å². The van der Waals surface area contributed by atoms with E-state index in [0.29, 0.717) is 17.7 Å². The number of nitrogens with one attached hydrogen (secondary N) is 1. The lowest BCUT2D eigenvalue weighted by Crippen LogP contribution is -2.14. The Kier molecular flexibility index (Phi) is 4.68. The van der Waals surface area contributed by atoms with Crippen LogP contribution >= 0.6 is 0 Å². The smallest absolute Gasteiger partial charge is 0.224 e. The van der Waals surface area contributed by atoms with Gasteiger partial charge in [-0.15, -0.1) is 0 Å². The summed E-state index contributed by atoms with van der Waals surface area (Å²) in [5.41, 5.74) is 2.13. The minimum Gasteiger partial charge on any atom is -0.326 e. The van der Waals surface area contributed by atoms with Gasteiger partial charge in [0, 0.05) is 12.1 Å². The summed E-state index contributed by atoms with van der Waals surface area (Å²) in [6.07, 6.45) is 0.311. The highest BCUT2D eigenvalue weighted by molar-refractivity contribution is 5.91. The average molecular weight is 282 g/mol. The number of halogens is 1. The first-order valence-corrected chi connectivity index (χ1v) is 6.64. The zero-order valence-electron chi connectivity index (χ0n) is 11.6. The first-order chi connectivity index (χ1) is 10.1. The van der Waals surface area contributed by atoms with Gasteiger partial charge in [0.15, 0.2) is 0 Å². The van der Waals surface area contributed by atoms with Gasteiger partial charge >= 0.3 is 0 Å². The number of carbonyl (C=O) groups is 1. The number of hydrogen-bond donors (Lipinski definition) is 1. The molecule has 0 heterocycles. The van der Waals surface area contributed by atoms with E-state index < -0.39 is 0 Å². The lowest BCUT2D eigenvalue weighted by molar-refractivity contribution is -0.116. The summed E-state index contributed by atoms with van der Waals surface area (Å²) in [7, 11) is 0. The molecule has 1 atom stereocenters. The first-order valence-electron chi connectivity index (χ1n) is 6.64. The Morgan fingerprint density at radius 2 is 1.81 bits per heavy atom. The Morgan fingerprint density at radius 1 is 1.19 bits per heavy atom. The van der Waals surface area contributed by atoms with Gasteiger partial charge in [-0.2, -0.15) is 5.26 Å². The molecule has 0 radical (unpaired) electrons. The molecule has 2 aromatic carbocycles. The van der Waals surface area contributed by atoms with Crippen molar-refractivity contribution in [2.45, 2.75) is 19.3 Å². The van der Waals surface area contributed by atoms with Crippen molar-refractivity contribution in [1.82, 2.24) is 0 Å². The van der Waals surface area contributed by atoms with E-state index in [9.17, 15) is 9.18 Å². The van der Waals surface area contributed by atoms with Crippen molar-refractivity contribution in [2.24, 2.45) is 0 Å². The maximum Gasteiger partial charge on any atom is 0.224 e. The van der Waals surface area contributed by atoms with Crippen molar-refractivity contribution in [3.63, 3.8) is 0 Å². The van der Waals surface area contributed by atoms with Gasteiger partial charge < -0.3 is 5.32 Å². The predicted octanol–water partition coefficient (Wildman–Crippen LogP) is 3.83. The number of amides is 1. The summed E-state index contributed by atoms with van der Waals surface area (Å²) < 4.78 is 12.9. The molecule has 0 aliphatic rings. The average Bonchev–Trinajstić information content (AvgIpc) is 2.48. The van der Waals surface area contributed by atoms with Crippen LogP contribution in [0.4, 0.5) is 10.1 Å². The van der Waals surface area contributed by atoms with Crippen LogP contribution < -0.4 is 5.32 Å². The van der Waals surface area contributed by atoms with Crippen LogP contribution in [0.25, 0.3) is 0 Å². The van der Waals surface area contributed by atoms with Crippen molar-refractivity contribution in [3.05, 3.63) is 65.5 Å². The van der Waals surface area contributed by atoms with Gasteiger partial charge in [-0.3, -0.25) is 4.79 Å². The molecule has 0 aliphatic carbocycles. The van der Waals surface area contributed by atoms with Crippen molar-refractivity contribution in [2.75, 3.05) is 5.32 Å². The molecule has 1 amide bonds. The van der Waals surface area contributed by atoms with E-state index in [2.05, 4.69) is 5.32 Å². The third kappa shape index (κ3) is 4.15. The SMILES string of the molecule is CC(CC(=O)Nc1ccc(C#N)cc1)c1ccc(F)cc1. The number of benzene rings is 2. The molecule has 4 heteroatoms. The van der Waals surface area contributed by atoms with E-state index >= 15 is 0 Å². The molecule has 0 spiro atoms. The third-order valence-electron chi connectivity index (χ3n) is 3.23. The molecule has 21 heavy (non-hydrogen) atoms. The lowest BCUT2D eigenvalue weighted by Gasteiger charge is -2.12. The number of carbonyl (C=O) groups excluding carboxylic acids is 1. The number of nitriles is 1. The molecule has 0 fully saturated rings. The second-order valence-electron chi connectivity index (χ2n) is 4.89. The third-order valence-corrected chi connectivity index (χ3v) is 3.23. The van der Waals surface area contributed by atoms with Gasteiger partial charge in [0.1, 0.15) is 5.82 Å². The molecular weight excluding hydrogens is 267 g/mol. The molecular formula is C17H15FN2O. The van der Waals surface area contributed by atoms with E-state index in [4.69, 9.17) is 5.26 Å². The molecule has 3 nitrogen and oxygen atoms in total. The van der Waals surface area contributed by atoms with Crippen molar-refractivity contribution >= 4 is 11.6 Å². The van der Waals surface area contributed by atoms with Gasteiger partial charge in [-0.05, 0) is 47.9 Å². The maximum atomic E-state index is 12.9. The van der Waals surface area contributed by atoms with Crippen LogP contribution in [0.5, 0.6) is 0 Å². The molecule has 1 unspecified atom stereocenters. The van der Waals surface area contributed by atoms with Gasteiger partial charge in [-0.25, -0.2) is 4.39 Å². The summed E-state index contributed by atoms with van der Waals surface area (Å²) >= 11 is 0. The Bertz CT molecular complexity index is 657. The molecule has 0 saturated carbocycles. The van der Waals surface area contributed by atoms with Crippen LogP contribution in [-0.4, -0.2) is 5.91 Å². The second kappa shape index (κ2) is 6.67. The molecule has 0 aromatic heterocycles. The highest BCUT2D eigenvalue weighted by Crippen LogP contribution is 2.20. The summed E-state index contributed by atoms with van der Waals surface area (Å²) in [5, 5.41) is 11.5. The summed E-state index contributed by atoms with van der Waals surface area (Å²) in [6.45, 7) is 1.92. The molecule has 0 saturated heterocycles. The minimum atomic E-state index is -0.284. The van der Waals surface area contributed by atoms with E-state index in [1.807, 2.05) is 13.0 Å². The summed E-state index contributed by atoms with van der Waals surface area (Å²) in [5.74, 6) is -0.395. The van der Waals surface area contributed by atoms with E-state index in [-0.39, 0.29) is 17.6 Å². The first kappa shape index (κ1) is 14.7. The standard InChI is InChI=1S/C17H15FN2O/c1-12(14-4-6-15(18)7-5-14)10-17(21)20-16-8-2-13(11-19)3-9-16/h2-9,12H,10H2,1H3,(H,20,21). The number of nitrogens with zero attached hydrogens (tertiary/aromatic N) is 1. The zero-order chi connectivity index (χ0) is 15.2. The molecule has 1 N–H and O–H groups in total.